The van der Waals surface area contributed by atoms with E-state index in [1.165, 1.54) is 23.3 Å². The highest BCUT2D eigenvalue weighted by Gasteiger charge is 2.21. The number of aromatic carboxylic acids is 1. The van der Waals surface area contributed by atoms with E-state index in [9.17, 15) is 9.59 Å². The van der Waals surface area contributed by atoms with Crippen LogP contribution in [0.2, 0.25) is 0 Å². The molecule has 130 valence electrons. The van der Waals surface area contributed by atoms with Gasteiger partial charge in [0, 0.05) is 6.54 Å². The van der Waals surface area contributed by atoms with E-state index in [2.05, 4.69) is 43.1 Å². The van der Waals surface area contributed by atoms with Gasteiger partial charge in [-0.2, -0.15) is 0 Å². The smallest absolute Gasteiger partial charge is 0.335 e. The number of fused-ring (bicyclic) bond motifs is 2. The molecule has 0 fully saturated rings. The predicted octanol–water partition coefficient (Wildman–Crippen LogP) is 3.66. The summed E-state index contributed by atoms with van der Waals surface area (Å²) in [4.78, 5) is 28.6. The second-order valence-electron chi connectivity index (χ2n) is 6.71. The predicted molar refractivity (Wildman–Crippen MR) is 101 cm³/mol. The van der Waals surface area contributed by atoms with Crippen molar-refractivity contribution in [3.8, 4) is 0 Å². The lowest BCUT2D eigenvalue weighted by molar-refractivity contribution is 0.0697. The second kappa shape index (κ2) is 5.95. The first-order chi connectivity index (χ1) is 12.4. The fourth-order valence-electron chi connectivity index (χ4n) is 3.46. The van der Waals surface area contributed by atoms with Crippen molar-refractivity contribution in [1.82, 2.24) is 9.55 Å². The van der Waals surface area contributed by atoms with Gasteiger partial charge in [-0.3, -0.25) is 9.36 Å². The third-order valence-electron chi connectivity index (χ3n) is 4.85. The molecule has 0 saturated heterocycles. The Morgan fingerprint density at radius 1 is 1.19 bits per heavy atom. The molecule has 4 rings (SSSR count). The molecule has 0 radical (unpaired) electrons. The summed E-state index contributed by atoms with van der Waals surface area (Å²) in [5.41, 5.74) is 4.99. The summed E-state index contributed by atoms with van der Waals surface area (Å²) in [6, 6.07) is 10.8. The SMILES string of the molecule is Cc1ccc(/C=C2\CCn3c2nc2ccc(C(=O)O)cc2c3=O)c(C)c1. The summed E-state index contributed by atoms with van der Waals surface area (Å²) in [5, 5.41) is 9.49. The summed E-state index contributed by atoms with van der Waals surface area (Å²) < 4.78 is 1.64. The number of carboxylic acid groups (broad SMARTS) is 1. The van der Waals surface area contributed by atoms with Gasteiger partial charge in [0.2, 0.25) is 0 Å². The van der Waals surface area contributed by atoms with Crippen molar-refractivity contribution >= 4 is 28.5 Å². The zero-order valence-corrected chi connectivity index (χ0v) is 14.6. The van der Waals surface area contributed by atoms with E-state index >= 15 is 0 Å². The van der Waals surface area contributed by atoms with Crippen molar-refractivity contribution in [2.45, 2.75) is 26.8 Å². The molecular formula is C21H18N2O3. The highest BCUT2D eigenvalue weighted by atomic mass is 16.4. The number of nitrogens with zero attached hydrogens (tertiary/aromatic N) is 2. The lowest BCUT2D eigenvalue weighted by Crippen LogP contribution is -2.21. The van der Waals surface area contributed by atoms with Crippen LogP contribution in [-0.2, 0) is 6.54 Å². The molecule has 2 aromatic carbocycles. The molecule has 0 saturated carbocycles. The van der Waals surface area contributed by atoms with Gasteiger partial charge in [-0.1, -0.05) is 23.8 Å². The molecule has 0 atom stereocenters. The maximum atomic E-state index is 12.8. The molecule has 3 aromatic rings. The van der Waals surface area contributed by atoms with Gasteiger partial charge >= 0.3 is 5.97 Å². The quantitative estimate of drug-likeness (QED) is 0.769. The van der Waals surface area contributed by atoms with Crippen molar-refractivity contribution in [3.05, 3.63) is 74.8 Å². The van der Waals surface area contributed by atoms with Crippen LogP contribution in [-0.4, -0.2) is 20.6 Å². The Morgan fingerprint density at radius 3 is 2.73 bits per heavy atom. The van der Waals surface area contributed by atoms with Gasteiger partial charge in [-0.15, -0.1) is 0 Å². The van der Waals surface area contributed by atoms with Gasteiger partial charge in [0.25, 0.3) is 5.56 Å². The minimum absolute atomic E-state index is 0.0981. The Labute approximate surface area is 150 Å². The van der Waals surface area contributed by atoms with Crippen LogP contribution in [0.15, 0.2) is 41.2 Å². The molecule has 1 aromatic heterocycles. The molecule has 1 aliphatic heterocycles. The second-order valence-corrected chi connectivity index (χ2v) is 6.71. The fraction of sp³-hybridized carbons (Fsp3) is 0.190. The Hall–Kier alpha value is -3.21. The minimum atomic E-state index is -1.05. The maximum Gasteiger partial charge on any atom is 0.335 e. The van der Waals surface area contributed by atoms with Gasteiger partial charge < -0.3 is 5.11 Å². The largest absolute Gasteiger partial charge is 0.478 e. The number of benzene rings is 2. The minimum Gasteiger partial charge on any atom is -0.478 e. The third kappa shape index (κ3) is 2.62. The molecule has 5 nitrogen and oxygen atoms in total. The summed E-state index contributed by atoms with van der Waals surface area (Å²) in [7, 11) is 0. The highest BCUT2D eigenvalue weighted by Crippen LogP contribution is 2.28. The number of allylic oxidation sites excluding steroid dienone is 1. The van der Waals surface area contributed by atoms with Gasteiger partial charge in [-0.05, 0) is 61.2 Å². The van der Waals surface area contributed by atoms with Gasteiger partial charge in [0.15, 0.2) is 0 Å². The third-order valence-corrected chi connectivity index (χ3v) is 4.85. The number of carbonyl (C=O) groups is 1. The van der Waals surface area contributed by atoms with E-state index in [1.54, 1.807) is 10.6 Å². The molecule has 0 amide bonds. The maximum absolute atomic E-state index is 12.8. The molecule has 0 aliphatic carbocycles. The first-order valence-corrected chi connectivity index (χ1v) is 8.50. The summed E-state index contributed by atoms with van der Waals surface area (Å²) in [5.74, 6) is -0.377. The van der Waals surface area contributed by atoms with Crippen molar-refractivity contribution in [1.29, 1.82) is 0 Å². The van der Waals surface area contributed by atoms with Crippen molar-refractivity contribution in [2.75, 3.05) is 0 Å². The van der Waals surface area contributed by atoms with E-state index < -0.39 is 5.97 Å². The van der Waals surface area contributed by atoms with Gasteiger partial charge in [0.05, 0.1) is 16.5 Å². The van der Waals surface area contributed by atoms with Crippen LogP contribution < -0.4 is 5.56 Å². The zero-order valence-electron chi connectivity index (χ0n) is 14.6. The molecule has 2 heterocycles. The Morgan fingerprint density at radius 2 is 2.00 bits per heavy atom. The Kier molecular flexibility index (Phi) is 3.72. The molecular weight excluding hydrogens is 328 g/mol. The average molecular weight is 346 g/mol. The molecule has 5 heteroatoms. The van der Waals surface area contributed by atoms with Crippen molar-refractivity contribution in [3.63, 3.8) is 0 Å². The van der Waals surface area contributed by atoms with Gasteiger partial charge in [-0.25, -0.2) is 9.78 Å². The van der Waals surface area contributed by atoms with Crippen molar-refractivity contribution in [2.24, 2.45) is 0 Å². The summed E-state index contributed by atoms with van der Waals surface area (Å²) in [6.07, 6.45) is 2.83. The van der Waals surface area contributed by atoms with Gasteiger partial charge in [0.1, 0.15) is 5.82 Å². The van der Waals surface area contributed by atoms with Crippen LogP contribution in [0.1, 0.15) is 39.3 Å². The number of rotatable bonds is 2. The summed E-state index contributed by atoms with van der Waals surface area (Å²) in [6.45, 7) is 4.70. The number of aromatic nitrogens is 2. The zero-order chi connectivity index (χ0) is 18.4. The van der Waals surface area contributed by atoms with Crippen LogP contribution in [0.5, 0.6) is 0 Å². The van der Waals surface area contributed by atoms with E-state index in [-0.39, 0.29) is 11.1 Å². The first kappa shape index (κ1) is 16.3. The first-order valence-electron chi connectivity index (χ1n) is 8.50. The number of carboxylic acids is 1. The van der Waals surface area contributed by atoms with E-state index in [4.69, 9.17) is 5.11 Å². The topological polar surface area (TPSA) is 72.2 Å². The Balaban J connectivity index is 1.88. The Bertz CT molecular complexity index is 1160. The van der Waals surface area contributed by atoms with E-state index in [0.29, 0.717) is 23.3 Å². The molecule has 1 N–H and O–H groups in total. The van der Waals surface area contributed by atoms with Crippen LogP contribution in [0.25, 0.3) is 22.6 Å². The normalized spacial score (nSPS) is 14.8. The lowest BCUT2D eigenvalue weighted by Gasteiger charge is -2.07. The van der Waals surface area contributed by atoms with Crippen LogP contribution >= 0.6 is 0 Å². The van der Waals surface area contributed by atoms with Crippen LogP contribution in [0.3, 0.4) is 0 Å². The fourth-order valence-corrected chi connectivity index (χ4v) is 3.46. The monoisotopic (exact) mass is 346 g/mol. The van der Waals surface area contributed by atoms with E-state index in [0.717, 1.165) is 17.6 Å². The molecule has 1 aliphatic rings. The standard InChI is InChI=1S/C21H18N2O3/c1-12-3-4-14(13(2)9-12)10-15-7-8-23-19(15)22-18-6-5-16(21(25)26)11-17(18)20(23)24/h3-6,9-11H,7-8H2,1-2H3,(H,25,26)/b15-10+. The molecule has 26 heavy (non-hydrogen) atoms. The molecule has 0 bridgehead atoms. The molecule has 0 spiro atoms. The number of hydrogen-bond acceptors (Lipinski definition) is 3. The highest BCUT2D eigenvalue weighted by molar-refractivity contribution is 5.93. The molecule has 0 unspecified atom stereocenters. The van der Waals surface area contributed by atoms with Crippen molar-refractivity contribution < 1.29 is 9.90 Å². The average Bonchev–Trinajstić information content (AvgIpc) is 3.00. The summed E-state index contributed by atoms with van der Waals surface area (Å²) >= 11 is 0. The van der Waals surface area contributed by atoms with E-state index in [1.807, 2.05) is 0 Å². The van der Waals surface area contributed by atoms with Crippen LogP contribution in [0.4, 0.5) is 0 Å². The number of aryl methyl sites for hydroxylation is 2. The number of hydrogen-bond donors (Lipinski definition) is 1. The van der Waals surface area contributed by atoms with Crippen LogP contribution in [0, 0.1) is 13.8 Å². The lowest BCUT2D eigenvalue weighted by atomic mass is 10.0.